The fourth-order valence-electron chi connectivity index (χ4n) is 3.98. The van der Waals surface area contributed by atoms with Gasteiger partial charge in [0.1, 0.15) is 5.69 Å². The number of hydrogen-bond acceptors (Lipinski definition) is 7. The summed E-state index contributed by atoms with van der Waals surface area (Å²) in [5.74, 6) is -2.94. The molecule has 12 heteroatoms. The molecule has 1 aromatic rings. The minimum atomic E-state index is -5.08. The number of halogens is 3. The molecule has 0 saturated carbocycles. The number of alkyl halides is 3. The van der Waals surface area contributed by atoms with Gasteiger partial charge < -0.3 is 19.9 Å². The highest BCUT2D eigenvalue weighted by Gasteiger charge is 2.47. The number of aliphatic carboxylic acids is 1. The van der Waals surface area contributed by atoms with Gasteiger partial charge in [-0.25, -0.2) is 9.78 Å². The van der Waals surface area contributed by atoms with E-state index in [1.54, 1.807) is 6.20 Å². The smallest absolute Gasteiger partial charge is 0.475 e. The lowest BCUT2D eigenvalue weighted by molar-refractivity contribution is -0.192. The molecule has 3 aliphatic rings. The van der Waals surface area contributed by atoms with Crippen molar-refractivity contribution in [1.82, 2.24) is 20.2 Å². The largest absolute Gasteiger partial charge is 0.490 e. The number of carboxylic acid groups (broad SMARTS) is 1. The van der Waals surface area contributed by atoms with Gasteiger partial charge in [0, 0.05) is 44.2 Å². The van der Waals surface area contributed by atoms with Crippen molar-refractivity contribution in [1.29, 1.82) is 0 Å². The molecule has 2 N–H and O–H groups in total. The van der Waals surface area contributed by atoms with Crippen molar-refractivity contribution in [3.8, 4) is 0 Å². The lowest BCUT2D eigenvalue weighted by Gasteiger charge is -2.34. The van der Waals surface area contributed by atoms with Gasteiger partial charge in [0.2, 0.25) is 0 Å². The van der Waals surface area contributed by atoms with E-state index in [4.69, 9.17) is 19.4 Å². The van der Waals surface area contributed by atoms with Crippen molar-refractivity contribution in [2.45, 2.75) is 49.7 Å². The molecule has 1 unspecified atom stereocenters. The number of hydrogen-bond donors (Lipinski definition) is 2. The third-order valence-corrected chi connectivity index (χ3v) is 5.29. The number of likely N-dealkylation sites (tertiary alicyclic amines) is 1. The van der Waals surface area contributed by atoms with E-state index < -0.39 is 12.1 Å². The normalized spacial score (nSPS) is 28.9. The highest BCUT2D eigenvalue weighted by molar-refractivity contribution is 5.92. The summed E-state index contributed by atoms with van der Waals surface area (Å²) in [4.78, 5) is 31.8. The van der Waals surface area contributed by atoms with E-state index in [-0.39, 0.29) is 18.1 Å². The number of carboxylic acids is 1. The van der Waals surface area contributed by atoms with Gasteiger partial charge in [-0.1, -0.05) is 0 Å². The van der Waals surface area contributed by atoms with Gasteiger partial charge in [-0.3, -0.25) is 14.7 Å². The van der Waals surface area contributed by atoms with Gasteiger partial charge in [-0.2, -0.15) is 13.2 Å². The molecule has 1 amide bonds. The number of carbonyl (C=O) groups excluding carboxylic acids is 1. The Morgan fingerprint density at radius 2 is 2.00 bits per heavy atom. The number of aromatic nitrogens is 2. The van der Waals surface area contributed by atoms with Crippen LogP contribution in [0.2, 0.25) is 0 Å². The van der Waals surface area contributed by atoms with Gasteiger partial charge in [0.25, 0.3) is 5.91 Å². The van der Waals surface area contributed by atoms with Crippen LogP contribution in [0.5, 0.6) is 0 Å². The van der Waals surface area contributed by atoms with Crippen LogP contribution in [0.4, 0.5) is 13.2 Å². The molecule has 4 heterocycles. The Hall–Kier alpha value is -2.31. The van der Waals surface area contributed by atoms with Crippen LogP contribution in [0.15, 0.2) is 18.6 Å². The topological polar surface area (TPSA) is 114 Å². The molecule has 0 aliphatic carbocycles. The summed E-state index contributed by atoms with van der Waals surface area (Å²) in [5, 5.41) is 10.2. The first-order chi connectivity index (χ1) is 14.3. The van der Waals surface area contributed by atoms with Crippen LogP contribution in [0.25, 0.3) is 0 Å². The van der Waals surface area contributed by atoms with Crippen LogP contribution in [0.1, 0.15) is 29.8 Å². The molecule has 4 rings (SSSR count). The molecule has 3 fully saturated rings. The third kappa shape index (κ3) is 5.43. The van der Waals surface area contributed by atoms with Crippen LogP contribution < -0.4 is 5.32 Å². The number of fused-ring (bicyclic) bond motifs is 1. The average molecular weight is 432 g/mol. The zero-order valence-electron chi connectivity index (χ0n) is 16.0. The number of nitrogens with zero attached hydrogens (tertiary/aromatic N) is 3. The summed E-state index contributed by atoms with van der Waals surface area (Å²) in [5.41, 5.74) is 0.350. The summed E-state index contributed by atoms with van der Waals surface area (Å²) in [7, 11) is 0. The third-order valence-electron chi connectivity index (χ3n) is 5.29. The highest BCUT2D eigenvalue weighted by Crippen LogP contribution is 2.32. The Kier molecular flexibility index (Phi) is 7.21. The second kappa shape index (κ2) is 9.67. The van der Waals surface area contributed by atoms with Crippen molar-refractivity contribution in [3.05, 3.63) is 24.3 Å². The van der Waals surface area contributed by atoms with Crippen molar-refractivity contribution in [2.75, 3.05) is 26.4 Å². The Balaban J connectivity index is 0.000000318. The maximum Gasteiger partial charge on any atom is 0.490 e. The predicted octanol–water partition coefficient (Wildman–Crippen LogP) is 0.860. The highest BCUT2D eigenvalue weighted by atomic mass is 19.4. The Bertz CT molecular complexity index is 730. The first kappa shape index (κ1) is 22.4. The van der Waals surface area contributed by atoms with Gasteiger partial charge in [0.05, 0.1) is 24.9 Å². The summed E-state index contributed by atoms with van der Waals surface area (Å²) in [6.07, 6.45) is 2.83. The van der Waals surface area contributed by atoms with Gasteiger partial charge in [-0.15, -0.1) is 0 Å². The standard InChI is InChI=1S/C16H22N4O3.C2HF3O2/c21-16(12-8-17-4-5-18-12)19-13-9-20(11-3-7-22-10-11)14-2-1-6-23-15(13)14;3-2(4,5)1(6)7/h4-5,8,11,13-15H,1-3,6-7,9-10H2,(H,19,21);(H,6,7)/t11?,13-,14+,15+;/m0./s1. The predicted molar refractivity (Wildman–Crippen MR) is 95.7 cm³/mol. The molecule has 0 aromatic carbocycles. The zero-order chi connectivity index (χ0) is 21.7. The molecule has 30 heavy (non-hydrogen) atoms. The number of carbonyl (C=O) groups is 2. The molecular formula is C18H23F3N4O5. The maximum atomic E-state index is 12.4. The van der Waals surface area contributed by atoms with Crippen molar-refractivity contribution in [3.63, 3.8) is 0 Å². The maximum absolute atomic E-state index is 12.4. The molecule has 0 bridgehead atoms. The van der Waals surface area contributed by atoms with E-state index in [2.05, 4.69) is 20.2 Å². The molecule has 0 radical (unpaired) electrons. The Morgan fingerprint density at radius 3 is 2.60 bits per heavy atom. The van der Waals surface area contributed by atoms with E-state index in [1.165, 1.54) is 12.4 Å². The van der Waals surface area contributed by atoms with Crippen molar-refractivity contribution in [2.24, 2.45) is 0 Å². The van der Waals surface area contributed by atoms with Crippen LogP contribution in [-0.2, 0) is 14.3 Å². The Morgan fingerprint density at radius 1 is 1.23 bits per heavy atom. The number of ether oxygens (including phenoxy) is 2. The fourth-order valence-corrected chi connectivity index (χ4v) is 3.98. The van der Waals surface area contributed by atoms with Crippen molar-refractivity contribution < 1.29 is 37.3 Å². The van der Waals surface area contributed by atoms with Crippen LogP contribution in [-0.4, -0.2) is 88.6 Å². The van der Waals surface area contributed by atoms with Crippen LogP contribution >= 0.6 is 0 Å². The minimum absolute atomic E-state index is 0.00425. The molecule has 0 spiro atoms. The number of amides is 1. The van der Waals surface area contributed by atoms with E-state index in [1.807, 2.05) is 0 Å². The molecular weight excluding hydrogens is 409 g/mol. The fraction of sp³-hybridized carbons (Fsp3) is 0.667. The quantitative estimate of drug-likeness (QED) is 0.723. The van der Waals surface area contributed by atoms with E-state index >= 15 is 0 Å². The molecule has 3 saturated heterocycles. The first-order valence-corrected chi connectivity index (χ1v) is 9.59. The zero-order valence-corrected chi connectivity index (χ0v) is 16.0. The summed E-state index contributed by atoms with van der Waals surface area (Å²) in [6.45, 7) is 3.20. The molecule has 3 aliphatic heterocycles. The second-order valence-electron chi connectivity index (χ2n) is 7.23. The van der Waals surface area contributed by atoms with Gasteiger partial charge in [0.15, 0.2) is 0 Å². The van der Waals surface area contributed by atoms with Crippen LogP contribution in [0.3, 0.4) is 0 Å². The summed E-state index contributed by atoms with van der Waals surface area (Å²) in [6, 6.07) is 0.820. The summed E-state index contributed by atoms with van der Waals surface area (Å²) < 4.78 is 43.3. The number of nitrogens with one attached hydrogen (secondary N) is 1. The lowest BCUT2D eigenvalue weighted by atomic mass is 10.00. The molecule has 9 nitrogen and oxygen atoms in total. The molecule has 4 atom stereocenters. The Labute approximate surface area is 170 Å². The minimum Gasteiger partial charge on any atom is -0.475 e. The number of rotatable bonds is 3. The summed E-state index contributed by atoms with van der Waals surface area (Å²) >= 11 is 0. The van der Waals surface area contributed by atoms with E-state index in [0.29, 0.717) is 17.8 Å². The van der Waals surface area contributed by atoms with E-state index in [0.717, 1.165) is 45.6 Å². The van der Waals surface area contributed by atoms with Gasteiger partial charge >= 0.3 is 12.1 Å². The van der Waals surface area contributed by atoms with E-state index in [9.17, 15) is 18.0 Å². The van der Waals surface area contributed by atoms with Crippen LogP contribution in [0, 0.1) is 0 Å². The van der Waals surface area contributed by atoms with Gasteiger partial charge in [-0.05, 0) is 19.3 Å². The monoisotopic (exact) mass is 432 g/mol. The SMILES string of the molecule is O=C(N[C@H]1CN(C2CCOC2)[C@@H]2CCCO[C@H]12)c1cnccn1.O=C(O)C(F)(F)F. The average Bonchev–Trinajstić information content (AvgIpc) is 3.37. The van der Waals surface area contributed by atoms with Crippen molar-refractivity contribution >= 4 is 11.9 Å². The lowest BCUT2D eigenvalue weighted by Crippen LogP contribution is -2.48. The molecule has 166 valence electrons. The molecule has 1 aromatic heterocycles. The second-order valence-corrected chi connectivity index (χ2v) is 7.23. The first-order valence-electron chi connectivity index (χ1n) is 9.59.